The molecular weight excluding hydrogens is 266 g/mol. The molecule has 0 amide bonds. The van der Waals surface area contributed by atoms with Crippen molar-refractivity contribution >= 4 is 39.1 Å². The fourth-order valence-corrected chi connectivity index (χ4v) is 3.58. The Morgan fingerprint density at radius 1 is 1.39 bits per heavy atom. The summed E-state index contributed by atoms with van der Waals surface area (Å²) in [7, 11) is 0. The summed E-state index contributed by atoms with van der Waals surface area (Å²) >= 11 is 3.13. The number of aliphatic hydroxyl groups is 1. The number of nitrogens with zero attached hydrogens (tertiary/aromatic N) is 3. The quantitative estimate of drug-likeness (QED) is 0.692. The smallest absolute Gasteiger partial charge is 0.190 e. The molecule has 0 aromatic carbocycles. The summed E-state index contributed by atoms with van der Waals surface area (Å²) in [5.74, 6) is 1.04. The molecule has 0 saturated carbocycles. The minimum Gasteiger partial charge on any atom is -0.391 e. The summed E-state index contributed by atoms with van der Waals surface area (Å²) in [5, 5.41) is 11.2. The number of hydrogen-bond donors (Lipinski definition) is 1. The number of aliphatic hydroxyl groups excluding tert-OH is 1. The van der Waals surface area contributed by atoms with E-state index in [1.54, 1.807) is 23.1 Å². The molecule has 0 aliphatic carbocycles. The topological polar surface area (TPSA) is 49.2 Å². The lowest BCUT2D eigenvalue weighted by Crippen LogP contribution is -2.19. The van der Waals surface area contributed by atoms with E-state index < -0.39 is 0 Å². The fraction of sp³-hybridized carbons (Fsp3) is 0.500. The Balaban J connectivity index is 2.16. The van der Waals surface area contributed by atoms with E-state index in [4.69, 9.17) is 0 Å². The molecule has 0 bridgehead atoms. The predicted molar refractivity (Wildman–Crippen MR) is 76.6 cm³/mol. The molecule has 0 unspecified atom stereocenters. The lowest BCUT2D eigenvalue weighted by Gasteiger charge is -2.17. The van der Waals surface area contributed by atoms with E-state index in [1.165, 1.54) is 12.8 Å². The number of rotatable bonds is 3. The minimum atomic E-state index is 0.0784. The zero-order valence-corrected chi connectivity index (χ0v) is 11.9. The normalized spacial score (nSPS) is 15.8. The van der Waals surface area contributed by atoms with E-state index in [1.807, 2.05) is 12.3 Å². The van der Waals surface area contributed by atoms with Gasteiger partial charge in [0.1, 0.15) is 10.6 Å². The van der Waals surface area contributed by atoms with E-state index in [2.05, 4.69) is 14.9 Å². The first-order chi connectivity index (χ1) is 8.81. The summed E-state index contributed by atoms with van der Waals surface area (Å²) in [6.07, 6.45) is 4.46. The Morgan fingerprint density at radius 2 is 2.17 bits per heavy atom. The molecule has 1 aliphatic rings. The van der Waals surface area contributed by atoms with Crippen molar-refractivity contribution in [2.75, 3.05) is 24.2 Å². The summed E-state index contributed by atoms with van der Waals surface area (Å²) in [4.78, 5) is 13.5. The third-order valence-electron chi connectivity index (χ3n) is 3.15. The summed E-state index contributed by atoms with van der Waals surface area (Å²) in [6.45, 7) is 2.23. The van der Waals surface area contributed by atoms with Crippen LogP contribution in [0.2, 0.25) is 0 Å². The molecule has 1 aliphatic heterocycles. The standard InChI is InChI=1S/C12H15N3OS2/c1-17-12-13-10(15-4-2-3-5-15)9-6-8(7-16)18-11(9)14-12/h6,16H,2-5,7H2,1H3. The summed E-state index contributed by atoms with van der Waals surface area (Å²) < 4.78 is 0. The van der Waals surface area contributed by atoms with Gasteiger partial charge in [-0.1, -0.05) is 11.8 Å². The van der Waals surface area contributed by atoms with Crippen molar-refractivity contribution in [3.63, 3.8) is 0 Å². The van der Waals surface area contributed by atoms with Crippen molar-refractivity contribution in [2.24, 2.45) is 0 Å². The SMILES string of the molecule is CSc1nc(N2CCCC2)c2cc(CO)sc2n1. The van der Waals surface area contributed by atoms with Crippen LogP contribution in [0.15, 0.2) is 11.2 Å². The zero-order valence-electron chi connectivity index (χ0n) is 10.2. The molecule has 1 fully saturated rings. The molecular formula is C12H15N3OS2. The highest BCUT2D eigenvalue weighted by Crippen LogP contribution is 2.33. The van der Waals surface area contributed by atoms with Crippen molar-refractivity contribution in [3.05, 3.63) is 10.9 Å². The maximum absolute atomic E-state index is 9.26. The highest BCUT2D eigenvalue weighted by Gasteiger charge is 2.19. The Hall–Kier alpha value is -0.850. The Bertz CT molecular complexity index is 564. The van der Waals surface area contributed by atoms with Crippen LogP contribution in [0, 0.1) is 0 Å². The molecule has 0 spiro atoms. The lowest BCUT2D eigenvalue weighted by molar-refractivity contribution is 0.285. The second kappa shape index (κ2) is 5.03. The molecule has 1 saturated heterocycles. The van der Waals surface area contributed by atoms with E-state index in [-0.39, 0.29) is 6.61 Å². The number of hydrogen-bond acceptors (Lipinski definition) is 6. The molecule has 2 aromatic heterocycles. The summed E-state index contributed by atoms with van der Waals surface area (Å²) in [5.41, 5.74) is 0. The first-order valence-electron chi connectivity index (χ1n) is 6.02. The van der Waals surface area contributed by atoms with Gasteiger partial charge in [0.25, 0.3) is 0 Å². The highest BCUT2D eigenvalue weighted by atomic mass is 32.2. The van der Waals surface area contributed by atoms with Crippen LogP contribution < -0.4 is 4.90 Å². The van der Waals surface area contributed by atoms with Crippen LogP contribution in [0.1, 0.15) is 17.7 Å². The molecule has 18 heavy (non-hydrogen) atoms. The number of thiophene rings is 1. The van der Waals surface area contributed by atoms with Gasteiger partial charge in [0.15, 0.2) is 5.16 Å². The van der Waals surface area contributed by atoms with Gasteiger partial charge in [0, 0.05) is 18.0 Å². The molecule has 2 aromatic rings. The monoisotopic (exact) mass is 281 g/mol. The number of thioether (sulfide) groups is 1. The van der Waals surface area contributed by atoms with Crippen molar-refractivity contribution in [1.82, 2.24) is 9.97 Å². The molecule has 1 N–H and O–H groups in total. The number of aromatic nitrogens is 2. The van der Waals surface area contributed by atoms with Gasteiger partial charge in [0.05, 0.1) is 12.0 Å². The molecule has 0 radical (unpaired) electrons. The predicted octanol–water partition coefficient (Wildman–Crippen LogP) is 2.51. The molecule has 96 valence electrons. The summed E-state index contributed by atoms with van der Waals surface area (Å²) in [6, 6.07) is 2.03. The average Bonchev–Trinajstić information content (AvgIpc) is 3.05. The van der Waals surface area contributed by atoms with Crippen LogP contribution in [0.25, 0.3) is 10.2 Å². The number of fused-ring (bicyclic) bond motifs is 1. The molecule has 3 heterocycles. The third-order valence-corrected chi connectivity index (χ3v) is 4.71. The van der Waals surface area contributed by atoms with E-state index in [9.17, 15) is 5.11 Å². The Kier molecular flexibility index (Phi) is 3.41. The van der Waals surface area contributed by atoms with Crippen LogP contribution >= 0.6 is 23.1 Å². The van der Waals surface area contributed by atoms with Crippen molar-refractivity contribution < 1.29 is 5.11 Å². The molecule has 6 heteroatoms. The van der Waals surface area contributed by atoms with Crippen LogP contribution in [0.3, 0.4) is 0 Å². The fourth-order valence-electron chi connectivity index (χ4n) is 2.28. The van der Waals surface area contributed by atoms with Crippen LogP contribution in [0.5, 0.6) is 0 Å². The lowest BCUT2D eigenvalue weighted by atomic mass is 10.3. The molecule has 4 nitrogen and oxygen atoms in total. The van der Waals surface area contributed by atoms with Gasteiger partial charge in [-0.2, -0.15) is 0 Å². The van der Waals surface area contributed by atoms with Crippen molar-refractivity contribution in [1.29, 1.82) is 0 Å². The number of anilines is 1. The van der Waals surface area contributed by atoms with Gasteiger partial charge in [-0.15, -0.1) is 11.3 Å². The van der Waals surface area contributed by atoms with Crippen molar-refractivity contribution in [3.8, 4) is 0 Å². The maximum atomic E-state index is 9.26. The van der Waals surface area contributed by atoms with E-state index in [0.717, 1.165) is 39.2 Å². The van der Waals surface area contributed by atoms with E-state index >= 15 is 0 Å². The average molecular weight is 281 g/mol. The van der Waals surface area contributed by atoms with Gasteiger partial charge >= 0.3 is 0 Å². The van der Waals surface area contributed by atoms with Gasteiger partial charge in [0.2, 0.25) is 0 Å². The van der Waals surface area contributed by atoms with Gasteiger partial charge < -0.3 is 10.0 Å². The molecule has 3 rings (SSSR count). The second-order valence-electron chi connectivity index (χ2n) is 4.32. The first kappa shape index (κ1) is 12.2. The van der Waals surface area contributed by atoms with Gasteiger partial charge in [-0.3, -0.25) is 0 Å². The largest absolute Gasteiger partial charge is 0.391 e. The molecule has 0 atom stereocenters. The van der Waals surface area contributed by atoms with Crippen molar-refractivity contribution in [2.45, 2.75) is 24.6 Å². The zero-order chi connectivity index (χ0) is 12.5. The Morgan fingerprint density at radius 3 is 2.83 bits per heavy atom. The highest BCUT2D eigenvalue weighted by molar-refractivity contribution is 7.98. The van der Waals surface area contributed by atoms with Gasteiger partial charge in [-0.05, 0) is 25.2 Å². The van der Waals surface area contributed by atoms with E-state index in [0.29, 0.717) is 0 Å². The third kappa shape index (κ3) is 2.08. The Labute approximate surface area is 114 Å². The second-order valence-corrected chi connectivity index (χ2v) is 6.21. The van der Waals surface area contributed by atoms with Crippen LogP contribution in [0.4, 0.5) is 5.82 Å². The van der Waals surface area contributed by atoms with Crippen LogP contribution in [-0.2, 0) is 6.61 Å². The minimum absolute atomic E-state index is 0.0784. The first-order valence-corrected chi connectivity index (χ1v) is 8.06. The maximum Gasteiger partial charge on any atom is 0.190 e. The van der Waals surface area contributed by atoms with Crippen LogP contribution in [-0.4, -0.2) is 34.4 Å². The van der Waals surface area contributed by atoms with Gasteiger partial charge in [-0.25, -0.2) is 9.97 Å².